The van der Waals surface area contributed by atoms with Crippen LogP contribution in [0, 0.1) is 11.8 Å². The predicted octanol–water partition coefficient (Wildman–Crippen LogP) is 3.04. The summed E-state index contributed by atoms with van der Waals surface area (Å²) in [6.45, 7) is 1.72. The Labute approximate surface area is 124 Å². The summed E-state index contributed by atoms with van der Waals surface area (Å²) in [5, 5.41) is 3.39. The molecule has 20 heavy (non-hydrogen) atoms. The van der Waals surface area contributed by atoms with Gasteiger partial charge in [0.25, 0.3) is 5.91 Å². The molecule has 108 valence electrons. The average molecular weight is 294 g/mol. The molecule has 2 fully saturated rings. The van der Waals surface area contributed by atoms with Crippen molar-refractivity contribution in [3.63, 3.8) is 0 Å². The van der Waals surface area contributed by atoms with E-state index >= 15 is 0 Å². The van der Waals surface area contributed by atoms with E-state index in [1.54, 1.807) is 19.2 Å². The van der Waals surface area contributed by atoms with Crippen LogP contribution < -0.4 is 5.32 Å². The smallest absolute Gasteiger partial charge is 0.274 e. The van der Waals surface area contributed by atoms with Crippen molar-refractivity contribution in [3.8, 4) is 0 Å². The number of aromatic nitrogens is 1. The molecule has 0 unspecified atom stereocenters. The number of carbonyl (C=O) groups is 1. The van der Waals surface area contributed by atoms with Gasteiger partial charge in [-0.1, -0.05) is 11.6 Å². The zero-order chi connectivity index (χ0) is 14.1. The van der Waals surface area contributed by atoms with Crippen molar-refractivity contribution in [3.05, 3.63) is 22.8 Å². The van der Waals surface area contributed by atoms with Crippen LogP contribution in [0.4, 0.5) is 5.82 Å². The van der Waals surface area contributed by atoms with Gasteiger partial charge in [-0.25, -0.2) is 4.98 Å². The highest BCUT2D eigenvalue weighted by atomic mass is 35.5. The second kappa shape index (κ2) is 5.60. The fraction of sp³-hybridized carbons (Fsp3) is 0.600. The zero-order valence-corrected chi connectivity index (χ0v) is 12.5. The van der Waals surface area contributed by atoms with Gasteiger partial charge in [-0.05, 0) is 49.7 Å². The van der Waals surface area contributed by atoms with Crippen molar-refractivity contribution in [1.82, 2.24) is 9.88 Å². The molecule has 1 amide bonds. The van der Waals surface area contributed by atoms with Crippen molar-refractivity contribution >= 4 is 23.3 Å². The molecular formula is C15H20ClN3O. The zero-order valence-electron chi connectivity index (χ0n) is 11.7. The first-order chi connectivity index (χ1) is 9.67. The molecule has 0 spiro atoms. The molecule has 2 saturated carbocycles. The van der Waals surface area contributed by atoms with E-state index < -0.39 is 0 Å². The highest BCUT2D eigenvalue weighted by Gasteiger charge is 2.32. The van der Waals surface area contributed by atoms with Crippen LogP contribution in [0.2, 0.25) is 5.02 Å². The van der Waals surface area contributed by atoms with Crippen LogP contribution in [0.5, 0.6) is 0 Å². The van der Waals surface area contributed by atoms with Crippen LogP contribution in [0.15, 0.2) is 12.1 Å². The number of halogens is 1. The van der Waals surface area contributed by atoms with E-state index in [0.717, 1.165) is 13.1 Å². The second-order valence-corrected chi connectivity index (χ2v) is 6.28. The summed E-state index contributed by atoms with van der Waals surface area (Å²) in [6, 6.07) is 3.52. The number of hydrogen-bond donors (Lipinski definition) is 1. The van der Waals surface area contributed by atoms with Gasteiger partial charge in [0.2, 0.25) is 0 Å². The molecule has 0 radical (unpaired) electrons. The maximum absolute atomic E-state index is 12.7. The molecule has 2 aliphatic carbocycles. The number of nitrogens with one attached hydrogen (secondary N) is 1. The molecule has 5 heteroatoms. The van der Waals surface area contributed by atoms with Crippen molar-refractivity contribution in [2.24, 2.45) is 11.8 Å². The lowest BCUT2D eigenvalue weighted by Crippen LogP contribution is -2.35. The first kappa shape index (κ1) is 13.7. The SMILES string of the molecule is CNc1ccc(Cl)c(C(=O)N(CC2CC2)CC2CC2)n1. The van der Waals surface area contributed by atoms with Crippen LogP contribution in [-0.4, -0.2) is 35.9 Å². The molecule has 1 heterocycles. The first-order valence-corrected chi connectivity index (χ1v) is 7.68. The first-order valence-electron chi connectivity index (χ1n) is 7.31. The minimum Gasteiger partial charge on any atom is -0.373 e. The third kappa shape index (κ3) is 3.23. The topological polar surface area (TPSA) is 45.2 Å². The quantitative estimate of drug-likeness (QED) is 0.877. The molecule has 1 aromatic heterocycles. The van der Waals surface area contributed by atoms with Crippen LogP contribution >= 0.6 is 11.6 Å². The number of hydrogen-bond acceptors (Lipinski definition) is 3. The van der Waals surface area contributed by atoms with Gasteiger partial charge >= 0.3 is 0 Å². The number of rotatable bonds is 6. The Balaban J connectivity index is 1.79. The van der Waals surface area contributed by atoms with Gasteiger partial charge < -0.3 is 10.2 Å². The Morgan fingerprint density at radius 1 is 1.30 bits per heavy atom. The van der Waals surface area contributed by atoms with E-state index in [0.29, 0.717) is 28.4 Å². The lowest BCUT2D eigenvalue weighted by molar-refractivity contribution is 0.0734. The Bertz CT molecular complexity index is 498. The van der Waals surface area contributed by atoms with Crippen molar-refractivity contribution in [2.75, 3.05) is 25.5 Å². The van der Waals surface area contributed by atoms with E-state index in [9.17, 15) is 4.79 Å². The Kier molecular flexibility index (Phi) is 3.83. The molecule has 0 atom stereocenters. The van der Waals surface area contributed by atoms with E-state index in [1.165, 1.54) is 25.7 Å². The Morgan fingerprint density at radius 2 is 1.90 bits per heavy atom. The summed E-state index contributed by atoms with van der Waals surface area (Å²) in [5.41, 5.74) is 0.375. The molecule has 1 N–H and O–H groups in total. The predicted molar refractivity (Wildman–Crippen MR) is 80.1 cm³/mol. The fourth-order valence-corrected chi connectivity index (χ4v) is 2.53. The normalized spacial score (nSPS) is 17.9. The summed E-state index contributed by atoms with van der Waals surface area (Å²) >= 11 is 6.16. The summed E-state index contributed by atoms with van der Waals surface area (Å²) in [5.74, 6) is 2.02. The minimum absolute atomic E-state index is 0.0223. The van der Waals surface area contributed by atoms with Crippen LogP contribution in [0.1, 0.15) is 36.2 Å². The highest BCUT2D eigenvalue weighted by Crippen LogP contribution is 2.34. The summed E-state index contributed by atoms with van der Waals surface area (Å²) in [6.07, 6.45) is 4.97. The van der Waals surface area contributed by atoms with Crippen molar-refractivity contribution in [1.29, 1.82) is 0 Å². The third-order valence-electron chi connectivity index (χ3n) is 3.94. The lowest BCUT2D eigenvalue weighted by atomic mass is 10.2. The number of amides is 1. The average Bonchev–Trinajstić information content (AvgIpc) is 3.33. The van der Waals surface area contributed by atoms with Gasteiger partial charge in [0.05, 0.1) is 5.02 Å². The van der Waals surface area contributed by atoms with Gasteiger partial charge in [0.15, 0.2) is 0 Å². The summed E-state index contributed by atoms with van der Waals surface area (Å²) in [7, 11) is 1.79. The molecule has 2 aliphatic rings. The van der Waals surface area contributed by atoms with Crippen molar-refractivity contribution < 1.29 is 4.79 Å². The van der Waals surface area contributed by atoms with E-state index in [-0.39, 0.29) is 5.91 Å². The Morgan fingerprint density at radius 3 is 2.40 bits per heavy atom. The largest absolute Gasteiger partial charge is 0.373 e. The molecule has 1 aromatic rings. The Hall–Kier alpha value is -1.29. The molecule has 0 aromatic carbocycles. The molecule has 4 nitrogen and oxygen atoms in total. The number of nitrogens with zero attached hydrogens (tertiary/aromatic N) is 2. The summed E-state index contributed by atoms with van der Waals surface area (Å²) in [4.78, 5) is 19.0. The van der Waals surface area contributed by atoms with E-state index in [1.807, 2.05) is 4.90 Å². The second-order valence-electron chi connectivity index (χ2n) is 5.87. The van der Waals surface area contributed by atoms with Crippen LogP contribution in [0.3, 0.4) is 0 Å². The van der Waals surface area contributed by atoms with Crippen LogP contribution in [0.25, 0.3) is 0 Å². The van der Waals surface area contributed by atoms with Crippen molar-refractivity contribution in [2.45, 2.75) is 25.7 Å². The maximum atomic E-state index is 12.7. The minimum atomic E-state index is -0.0223. The number of carbonyl (C=O) groups excluding carboxylic acids is 1. The standard InChI is InChI=1S/C15H20ClN3O/c1-17-13-7-6-12(16)14(18-13)15(20)19(8-10-2-3-10)9-11-4-5-11/h6-7,10-11H,2-5,8-9H2,1H3,(H,17,18). The third-order valence-corrected chi connectivity index (χ3v) is 4.25. The van der Waals surface area contributed by atoms with Gasteiger partial charge in [0, 0.05) is 20.1 Å². The van der Waals surface area contributed by atoms with Gasteiger partial charge in [0.1, 0.15) is 11.5 Å². The van der Waals surface area contributed by atoms with Crippen LogP contribution in [-0.2, 0) is 0 Å². The van der Waals surface area contributed by atoms with Gasteiger partial charge in [-0.2, -0.15) is 0 Å². The fourth-order valence-electron chi connectivity index (χ4n) is 2.35. The molecule has 0 aliphatic heterocycles. The number of pyridine rings is 1. The lowest BCUT2D eigenvalue weighted by Gasteiger charge is -2.22. The maximum Gasteiger partial charge on any atom is 0.274 e. The van der Waals surface area contributed by atoms with Gasteiger partial charge in [-0.15, -0.1) is 0 Å². The number of anilines is 1. The monoisotopic (exact) mass is 293 g/mol. The van der Waals surface area contributed by atoms with E-state index in [2.05, 4.69) is 10.3 Å². The molecule has 3 rings (SSSR count). The molecule has 0 bridgehead atoms. The highest BCUT2D eigenvalue weighted by molar-refractivity contribution is 6.33. The molecule has 0 saturated heterocycles. The van der Waals surface area contributed by atoms with Gasteiger partial charge in [-0.3, -0.25) is 4.79 Å². The summed E-state index contributed by atoms with van der Waals surface area (Å²) < 4.78 is 0. The van der Waals surface area contributed by atoms with E-state index in [4.69, 9.17) is 11.6 Å². The molecular weight excluding hydrogens is 274 g/mol.